The predicted octanol–water partition coefficient (Wildman–Crippen LogP) is 3.92. The molecule has 0 fully saturated rings. The molecule has 9 heteroatoms. The first-order valence-electron chi connectivity index (χ1n) is 12.3. The number of hydrogen-bond donors (Lipinski definition) is 4. The van der Waals surface area contributed by atoms with Crippen molar-refractivity contribution in [2.75, 3.05) is 0 Å². The van der Waals surface area contributed by atoms with E-state index in [0.29, 0.717) is 35.3 Å². The van der Waals surface area contributed by atoms with Gasteiger partial charge in [0.2, 0.25) is 0 Å². The van der Waals surface area contributed by atoms with Gasteiger partial charge in [0.15, 0.2) is 0 Å². The molecule has 0 saturated carbocycles. The van der Waals surface area contributed by atoms with Gasteiger partial charge in [-0.3, -0.25) is 9.78 Å². The Balaban J connectivity index is 1.56. The van der Waals surface area contributed by atoms with E-state index in [0.717, 1.165) is 0 Å². The van der Waals surface area contributed by atoms with E-state index in [9.17, 15) is 19.4 Å². The number of amides is 1. The van der Waals surface area contributed by atoms with Gasteiger partial charge >= 0.3 is 0 Å². The van der Waals surface area contributed by atoms with Gasteiger partial charge in [0.1, 0.15) is 17.3 Å². The molecule has 0 aliphatic carbocycles. The smallest absolute Gasteiger partial charge is 0.271 e. The maximum Gasteiger partial charge on any atom is 0.271 e. The number of nitrogens with zero attached hydrogens (tertiary/aromatic N) is 3. The number of H-pyrrole nitrogens is 1. The lowest BCUT2D eigenvalue weighted by Crippen LogP contribution is -2.45. The molecular weight excluding hydrogens is 473 g/mol. The molecule has 0 radical (unpaired) electrons. The molecule has 2 heterocycles. The molecular formula is C28H32FN5O3. The fourth-order valence-corrected chi connectivity index (χ4v) is 4.36. The summed E-state index contributed by atoms with van der Waals surface area (Å²) in [5.74, 6) is -0.371. The number of para-hydroxylation sites is 2. The summed E-state index contributed by atoms with van der Waals surface area (Å²) in [7, 11) is 0. The number of fused-ring (bicyclic) bond motifs is 1. The van der Waals surface area contributed by atoms with Crippen LogP contribution in [0, 0.1) is 5.82 Å². The summed E-state index contributed by atoms with van der Waals surface area (Å²) in [5, 5.41) is 24.5. The molecule has 2 aromatic heterocycles. The highest BCUT2D eigenvalue weighted by Gasteiger charge is 2.29. The SMILES string of the molecule is CC(C)(O)CC[C@H](C[C@H](O)[C@H](Cc1cccc(F)c1)NC(=O)c1cnc2ccccc2n1)c1ncc[nH]1. The summed E-state index contributed by atoms with van der Waals surface area (Å²) in [5.41, 5.74) is 1.14. The summed E-state index contributed by atoms with van der Waals surface area (Å²) in [6.07, 6.45) is 5.32. The molecule has 4 aromatic rings. The largest absolute Gasteiger partial charge is 0.391 e. The van der Waals surface area contributed by atoms with Gasteiger partial charge < -0.3 is 20.5 Å². The van der Waals surface area contributed by atoms with Crippen LogP contribution >= 0.6 is 0 Å². The van der Waals surface area contributed by atoms with E-state index in [-0.39, 0.29) is 24.5 Å². The first-order chi connectivity index (χ1) is 17.7. The summed E-state index contributed by atoms with van der Waals surface area (Å²) in [4.78, 5) is 29.4. The number of hydrogen-bond acceptors (Lipinski definition) is 6. The standard InChI is InChI=1S/C28H32FN5O3/c1-28(2,37)11-10-19(26-30-12-13-31-26)16-25(35)23(15-18-6-5-7-20(29)14-18)34-27(36)24-17-32-21-8-3-4-9-22(21)33-24/h3-9,12-14,17,19,23,25,35,37H,10-11,15-16H2,1-2H3,(H,30,31)(H,34,36)/t19-,23+,25+/m1/s1. The fraction of sp³-hybridized carbons (Fsp3) is 0.357. The Labute approximate surface area is 215 Å². The fourth-order valence-electron chi connectivity index (χ4n) is 4.36. The number of nitrogens with one attached hydrogen (secondary N) is 2. The number of imidazole rings is 1. The highest BCUT2D eigenvalue weighted by atomic mass is 19.1. The number of halogens is 1. The number of carbonyl (C=O) groups is 1. The Hall–Kier alpha value is -3.69. The van der Waals surface area contributed by atoms with Crippen molar-refractivity contribution in [3.8, 4) is 0 Å². The van der Waals surface area contributed by atoms with Crippen molar-refractivity contribution in [1.29, 1.82) is 0 Å². The summed E-state index contributed by atoms with van der Waals surface area (Å²) in [6, 6.07) is 12.6. The Morgan fingerprint density at radius 2 is 1.92 bits per heavy atom. The zero-order valence-corrected chi connectivity index (χ0v) is 20.9. The molecule has 0 aliphatic rings. The molecule has 8 nitrogen and oxygen atoms in total. The number of aliphatic hydroxyl groups is 2. The minimum absolute atomic E-state index is 0.125. The van der Waals surface area contributed by atoms with Crippen LogP contribution in [0.25, 0.3) is 11.0 Å². The van der Waals surface area contributed by atoms with E-state index in [1.807, 2.05) is 18.2 Å². The van der Waals surface area contributed by atoms with E-state index in [4.69, 9.17) is 0 Å². The number of aliphatic hydroxyl groups excluding tert-OH is 1. The Kier molecular flexibility index (Phi) is 8.25. The lowest BCUT2D eigenvalue weighted by Gasteiger charge is -2.28. The number of carbonyl (C=O) groups excluding carboxylic acids is 1. The third kappa shape index (κ3) is 7.41. The molecule has 0 aliphatic heterocycles. The summed E-state index contributed by atoms with van der Waals surface area (Å²) >= 11 is 0. The van der Waals surface area contributed by atoms with Crippen LogP contribution in [0.15, 0.2) is 67.1 Å². The van der Waals surface area contributed by atoms with Crippen LogP contribution in [0.3, 0.4) is 0 Å². The van der Waals surface area contributed by atoms with E-state index in [1.54, 1.807) is 44.4 Å². The normalized spacial score (nSPS) is 14.3. The van der Waals surface area contributed by atoms with Crippen molar-refractivity contribution >= 4 is 16.9 Å². The van der Waals surface area contributed by atoms with Gasteiger partial charge in [-0.1, -0.05) is 24.3 Å². The minimum Gasteiger partial charge on any atom is -0.391 e. The van der Waals surface area contributed by atoms with Gasteiger partial charge in [-0.15, -0.1) is 0 Å². The second-order valence-corrected chi connectivity index (χ2v) is 9.98. The molecule has 0 unspecified atom stereocenters. The van der Waals surface area contributed by atoms with Crippen LogP contribution in [0.1, 0.15) is 60.9 Å². The van der Waals surface area contributed by atoms with E-state index >= 15 is 0 Å². The Morgan fingerprint density at radius 1 is 1.14 bits per heavy atom. The predicted molar refractivity (Wildman–Crippen MR) is 138 cm³/mol. The maximum absolute atomic E-state index is 13.9. The summed E-state index contributed by atoms with van der Waals surface area (Å²) < 4.78 is 13.9. The minimum atomic E-state index is -0.988. The first kappa shape index (κ1) is 26.4. The molecule has 37 heavy (non-hydrogen) atoms. The number of benzene rings is 2. The Morgan fingerprint density at radius 3 is 2.62 bits per heavy atom. The van der Waals surface area contributed by atoms with Crippen molar-refractivity contribution in [2.45, 2.75) is 63.2 Å². The van der Waals surface area contributed by atoms with Gasteiger partial charge in [0, 0.05) is 18.3 Å². The van der Waals surface area contributed by atoms with Crippen LogP contribution in [-0.4, -0.2) is 53.8 Å². The van der Waals surface area contributed by atoms with Crippen molar-refractivity contribution < 1.29 is 19.4 Å². The molecule has 0 bridgehead atoms. The van der Waals surface area contributed by atoms with Crippen LogP contribution in [0.5, 0.6) is 0 Å². The number of aromatic amines is 1. The topological polar surface area (TPSA) is 124 Å². The van der Waals surface area contributed by atoms with E-state index < -0.39 is 29.5 Å². The van der Waals surface area contributed by atoms with Crippen molar-refractivity contribution in [1.82, 2.24) is 25.3 Å². The highest BCUT2D eigenvalue weighted by Crippen LogP contribution is 2.28. The zero-order valence-electron chi connectivity index (χ0n) is 20.9. The average Bonchev–Trinajstić information content (AvgIpc) is 3.40. The van der Waals surface area contributed by atoms with Crippen molar-refractivity contribution in [2.24, 2.45) is 0 Å². The van der Waals surface area contributed by atoms with Crippen LogP contribution in [0.2, 0.25) is 0 Å². The number of rotatable bonds is 11. The molecule has 1 amide bonds. The third-order valence-corrected chi connectivity index (χ3v) is 6.34. The molecule has 4 rings (SSSR count). The lowest BCUT2D eigenvalue weighted by atomic mass is 9.87. The summed E-state index contributed by atoms with van der Waals surface area (Å²) in [6.45, 7) is 3.47. The Bertz CT molecular complexity index is 1320. The maximum atomic E-state index is 13.9. The van der Waals surface area contributed by atoms with Gasteiger partial charge in [0.25, 0.3) is 5.91 Å². The molecule has 194 valence electrons. The van der Waals surface area contributed by atoms with Gasteiger partial charge in [-0.2, -0.15) is 0 Å². The first-order valence-corrected chi connectivity index (χ1v) is 12.3. The molecule has 0 spiro atoms. The second-order valence-electron chi connectivity index (χ2n) is 9.98. The lowest BCUT2D eigenvalue weighted by molar-refractivity contribution is 0.0594. The number of aromatic nitrogens is 4. The average molecular weight is 506 g/mol. The molecule has 3 atom stereocenters. The van der Waals surface area contributed by atoms with Gasteiger partial charge in [-0.05, 0) is 69.4 Å². The highest BCUT2D eigenvalue weighted by molar-refractivity contribution is 5.94. The molecule has 0 saturated heterocycles. The van der Waals surface area contributed by atoms with E-state index in [2.05, 4.69) is 25.3 Å². The monoisotopic (exact) mass is 505 g/mol. The van der Waals surface area contributed by atoms with Crippen molar-refractivity contribution in [3.63, 3.8) is 0 Å². The molecule has 4 N–H and O–H groups in total. The van der Waals surface area contributed by atoms with Crippen LogP contribution in [0.4, 0.5) is 4.39 Å². The molecule has 2 aromatic carbocycles. The van der Waals surface area contributed by atoms with E-state index in [1.165, 1.54) is 18.3 Å². The van der Waals surface area contributed by atoms with Gasteiger partial charge in [0.05, 0.1) is 35.0 Å². The van der Waals surface area contributed by atoms with Crippen LogP contribution in [-0.2, 0) is 6.42 Å². The quantitative estimate of drug-likeness (QED) is 0.245. The van der Waals surface area contributed by atoms with Crippen molar-refractivity contribution in [3.05, 3.63) is 90.0 Å². The van der Waals surface area contributed by atoms with Crippen LogP contribution < -0.4 is 5.32 Å². The second kappa shape index (κ2) is 11.6. The zero-order chi connectivity index (χ0) is 26.4. The van der Waals surface area contributed by atoms with Gasteiger partial charge in [-0.25, -0.2) is 14.4 Å². The third-order valence-electron chi connectivity index (χ3n) is 6.34.